The van der Waals surface area contributed by atoms with Crippen LogP contribution in [-0.4, -0.2) is 4.98 Å². The van der Waals surface area contributed by atoms with Crippen molar-refractivity contribution in [3.8, 4) is 0 Å². The lowest BCUT2D eigenvalue weighted by Gasteiger charge is -2.10. The van der Waals surface area contributed by atoms with E-state index in [0.717, 1.165) is 23.5 Å². The van der Waals surface area contributed by atoms with Crippen molar-refractivity contribution >= 4 is 11.3 Å². The fourth-order valence-corrected chi connectivity index (χ4v) is 3.08. The molecule has 0 aliphatic rings. The number of nitrogens with zero attached hydrogens (tertiary/aromatic N) is 1. The minimum Gasteiger partial charge on any atom is -0.323 e. The van der Waals surface area contributed by atoms with Crippen LogP contribution in [0.4, 0.5) is 0 Å². The molecule has 1 atom stereocenters. The number of nitrogens with two attached hydrogens (primary N) is 1. The minimum atomic E-state index is 0.0590. The van der Waals surface area contributed by atoms with Crippen LogP contribution in [0.15, 0.2) is 24.3 Å². The number of thiazole rings is 1. The molecule has 1 aromatic carbocycles. The van der Waals surface area contributed by atoms with Gasteiger partial charge in [-0.15, -0.1) is 11.3 Å². The normalized spacial score (nSPS) is 12.7. The van der Waals surface area contributed by atoms with Gasteiger partial charge in [0.05, 0.1) is 10.7 Å². The predicted molar refractivity (Wildman–Crippen MR) is 78.0 cm³/mol. The average Bonchev–Trinajstić information content (AvgIpc) is 2.69. The van der Waals surface area contributed by atoms with Crippen LogP contribution < -0.4 is 5.73 Å². The Morgan fingerprint density at radius 2 is 1.78 bits per heavy atom. The molecule has 0 spiro atoms. The van der Waals surface area contributed by atoms with Crippen LogP contribution in [0.2, 0.25) is 0 Å². The maximum absolute atomic E-state index is 6.28. The topological polar surface area (TPSA) is 38.9 Å². The highest BCUT2D eigenvalue weighted by Crippen LogP contribution is 2.25. The Hall–Kier alpha value is -1.19. The summed E-state index contributed by atoms with van der Waals surface area (Å²) in [7, 11) is 0. The van der Waals surface area contributed by atoms with Crippen molar-refractivity contribution in [2.24, 2.45) is 5.73 Å². The van der Waals surface area contributed by atoms with E-state index < -0.39 is 0 Å². The van der Waals surface area contributed by atoms with E-state index >= 15 is 0 Å². The highest BCUT2D eigenvalue weighted by molar-refractivity contribution is 7.11. The molecule has 0 saturated heterocycles. The Morgan fingerprint density at radius 1 is 1.17 bits per heavy atom. The number of aryl methyl sites for hydroxylation is 3. The first kappa shape index (κ1) is 13.2. The number of hydrogen-bond acceptors (Lipinski definition) is 3. The molecule has 0 amide bonds. The van der Waals surface area contributed by atoms with Gasteiger partial charge < -0.3 is 5.73 Å². The van der Waals surface area contributed by atoms with Crippen molar-refractivity contribution in [3.05, 3.63) is 51.0 Å². The standard InChI is InChI=1S/C15H20N2S/c1-4-12-5-7-13(8-6-12)9-14(16)15-10(2)17-11(3)18-15/h5-8,14H,4,9,16H2,1-3H3. The molecule has 1 unspecified atom stereocenters. The number of hydrogen-bond donors (Lipinski definition) is 1. The summed E-state index contributed by atoms with van der Waals surface area (Å²) < 4.78 is 0. The van der Waals surface area contributed by atoms with Crippen LogP contribution in [0.5, 0.6) is 0 Å². The van der Waals surface area contributed by atoms with Gasteiger partial charge in [-0.1, -0.05) is 31.2 Å². The highest BCUT2D eigenvalue weighted by Gasteiger charge is 2.13. The third-order valence-corrected chi connectivity index (χ3v) is 4.37. The summed E-state index contributed by atoms with van der Waals surface area (Å²) in [6.07, 6.45) is 1.96. The second-order valence-corrected chi connectivity index (χ2v) is 5.90. The van der Waals surface area contributed by atoms with Crippen molar-refractivity contribution < 1.29 is 0 Å². The first-order valence-electron chi connectivity index (χ1n) is 6.37. The van der Waals surface area contributed by atoms with Crippen LogP contribution in [0, 0.1) is 13.8 Å². The van der Waals surface area contributed by atoms with Gasteiger partial charge >= 0.3 is 0 Å². The maximum atomic E-state index is 6.28. The molecule has 0 radical (unpaired) electrons. The molecule has 2 nitrogen and oxygen atoms in total. The van der Waals surface area contributed by atoms with Crippen LogP contribution in [-0.2, 0) is 12.8 Å². The molecule has 2 rings (SSSR count). The Morgan fingerprint density at radius 3 is 2.28 bits per heavy atom. The van der Waals surface area contributed by atoms with E-state index in [2.05, 4.69) is 36.2 Å². The average molecular weight is 260 g/mol. The van der Waals surface area contributed by atoms with Crippen molar-refractivity contribution in [1.82, 2.24) is 4.98 Å². The van der Waals surface area contributed by atoms with Crippen molar-refractivity contribution in [2.45, 2.75) is 39.7 Å². The van der Waals surface area contributed by atoms with E-state index in [0.29, 0.717) is 0 Å². The van der Waals surface area contributed by atoms with Gasteiger partial charge in [-0.25, -0.2) is 4.98 Å². The molecule has 0 fully saturated rings. The van der Waals surface area contributed by atoms with Crippen molar-refractivity contribution in [3.63, 3.8) is 0 Å². The van der Waals surface area contributed by atoms with E-state index in [1.807, 2.05) is 13.8 Å². The lowest BCUT2D eigenvalue weighted by Crippen LogP contribution is -2.13. The van der Waals surface area contributed by atoms with Crippen LogP contribution in [0.3, 0.4) is 0 Å². The zero-order chi connectivity index (χ0) is 13.1. The summed E-state index contributed by atoms with van der Waals surface area (Å²) >= 11 is 1.71. The molecule has 1 heterocycles. The molecule has 3 heteroatoms. The minimum absolute atomic E-state index is 0.0590. The van der Waals surface area contributed by atoms with E-state index in [1.165, 1.54) is 16.0 Å². The second-order valence-electron chi connectivity index (χ2n) is 4.66. The van der Waals surface area contributed by atoms with Crippen molar-refractivity contribution in [1.29, 1.82) is 0 Å². The summed E-state index contributed by atoms with van der Waals surface area (Å²) in [6.45, 7) is 6.24. The Balaban J connectivity index is 2.10. The first-order chi connectivity index (χ1) is 8.60. The zero-order valence-corrected chi connectivity index (χ0v) is 12.1. The van der Waals surface area contributed by atoms with Gasteiger partial charge in [0, 0.05) is 10.9 Å². The molecule has 0 bridgehead atoms. The van der Waals surface area contributed by atoms with Gasteiger partial charge in [0.2, 0.25) is 0 Å². The van der Waals surface area contributed by atoms with E-state index in [9.17, 15) is 0 Å². The zero-order valence-electron chi connectivity index (χ0n) is 11.2. The lowest BCUT2D eigenvalue weighted by atomic mass is 10.0. The second kappa shape index (κ2) is 5.63. The van der Waals surface area contributed by atoms with Gasteiger partial charge in [-0.3, -0.25) is 0 Å². The van der Waals surface area contributed by atoms with Gasteiger partial charge in [0.25, 0.3) is 0 Å². The highest BCUT2D eigenvalue weighted by atomic mass is 32.1. The van der Waals surface area contributed by atoms with Gasteiger partial charge in [-0.2, -0.15) is 0 Å². The van der Waals surface area contributed by atoms with E-state index in [-0.39, 0.29) is 6.04 Å². The number of aromatic nitrogens is 1. The van der Waals surface area contributed by atoms with Crippen molar-refractivity contribution in [2.75, 3.05) is 0 Å². The lowest BCUT2D eigenvalue weighted by molar-refractivity contribution is 0.728. The van der Waals surface area contributed by atoms with Crippen LogP contribution in [0.1, 0.15) is 39.7 Å². The Bertz CT molecular complexity index is 514. The van der Waals surface area contributed by atoms with Crippen LogP contribution in [0.25, 0.3) is 0 Å². The summed E-state index contributed by atoms with van der Waals surface area (Å²) in [5.41, 5.74) is 10.0. The smallest absolute Gasteiger partial charge is 0.0900 e. The number of rotatable bonds is 4. The molecule has 0 aliphatic heterocycles. The molecule has 0 aliphatic carbocycles. The molecule has 1 aromatic heterocycles. The maximum Gasteiger partial charge on any atom is 0.0900 e. The predicted octanol–water partition coefficient (Wildman–Crippen LogP) is 3.56. The third-order valence-electron chi connectivity index (χ3n) is 3.16. The molecule has 2 aromatic rings. The number of benzene rings is 1. The quantitative estimate of drug-likeness (QED) is 0.913. The van der Waals surface area contributed by atoms with E-state index in [4.69, 9.17) is 5.73 Å². The van der Waals surface area contributed by atoms with Crippen LogP contribution >= 0.6 is 11.3 Å². The third kappa shape index (κ3) is 2.98. The summed E-state index contributed by atoms with van der Waals surface area (Å²) in [5, 5.41) is 1.10. The van der Waals surface area contributed by atoms with E-state index in [1.54, 1.807) is 11.3 Å². The molecule has 2 N–H and O–H groups in total. The molecular weight excluding hydrogens is 240 g/mol. The summed E-state index contributed by atoms with van der Waals surface area (Å²) in [5.74, 6) is 0. The van der Waals surface area contributed by atoms with Gasteiger partial charge in [0.15, 0.2) is 0 Å². The van der Waals surface area contributed by atoms with Gasteiger partial charge in [-0.05, 0) is 37.8 Å². The largest absolute Gasteiger partial charge is 0.323 e. The Kier molecular flexibility index (Phi) is 4.15. The SMILES string of the molecule is CCc1ccc(CC(N)c2sc(C)nc2C)cc1. The Labute approximate surface area is 113 Å². The molecule has 0 saturated carbocycles. The molecular formula is C15H20N2S. The fourth-order valence-electron chi connectivity index (χ4n) is 2.15. The summed E-state index contributed by atoms with van der Waals surface area (Å²) in [4.78, 5) is 5.65. The summed E-state index contributed by atoms with van der Waals surface area (Å²) in [6, 6.07) is 8.80. The van der Waals surface area contributed by atoms with Gasteiger partial charge in [0.1, 0.15) is 0 Å². The first-order valence-corrected chi connectivity index (χ1v) is 7.19. The monoisotopic (exact) mass is 260 g/mol. The fraction of sp³-hybridized carbons (Fsp3) is 0.400. The molecule has 96 valence electrons. The molecule has 18 heavy (non-hydrogen) atoms.